The van der Waals surface area contributed by atoms with Crippen LogP contribution in [0.2, 0.25) is 0 Å². The predicted octanol–water partition coefficient (Wildman–Crippen LogP) is 2.59. The topological polar surface area (TPSA) is 48.1 Å². The molecule has 3 rings (SSSR count). The molecular formula is C14H18N2OS. The summed E-state index contributed by atoms with van der Waals surface area (Å²) in [5.41, 5.74) is 7.38. The second kappa shape index (κ2) is 5.34. The van der Waals surface area contributed by atoms with Crippen molar-refractivity contribution < 1.29 is 4.74 Å². The standard InChI is InChI=1S/C14H18N2OS/c15-11(10-4-3-7-17-9-10)8-14-16-12-5-1-2-6-13(12)18-14/h1-2,5-6,10-11H,3-4,7-9,15H2. The summed E-state index contributed by atoms with van der Waals surface area (Å²) >= 11 is 1.76. The van der Waals surface area contributed by atoms with Crippen LogP contribution in [0, 0.1) is 5.92 Å². The zero-order valence-electron chi connectivity index (χ0n) is 10.3. The molecule has 2 N–H and O–H groups in total. The molecule has 0 spiro atoms. The first-order valence-electron chi connectivity index (χ1n) is 6.51. The van der Waals surface area contributed by atoms with Crippen LogP contribution in [0.4, 0.5) is 0 Å². The molecule has 0 aliphatic carbocycles. The molecule has 1 aliphatic heterocycles. The van der Waals surface area contributed by atoms with Gasteiger partial charge in [-0.15, -0.1) is 11.3 Å². The number of para-hydroxylation sites is 1. The highest BCUT2D eigenvalue weighted by molar-refractivity contribution is 7.18. The van der Waals surface area contributed by atoms with Crippen molar-refractivity contribution >= 4 is 21.6 Å². The summed E-state index contributed by atoms with van der Waals surface area (Å²) in [6, 6.07) is 8.43. The summed E-state index contributed by atoms with van der Waals surface area (Å²) in [6.07, 6.45) is 3.19. The highest BCUT2D eigenvalue weighted by atomic mass is 32.1. The molecule has 0 radical (unpaired) electrons. The van der Waals surface area contributed by atoms with E-state index in [-0.39, 0.29) is 6.04 Å². The van der Waals surface area contributed by atoms with E-state index in [0.29, 0.717) is 5.92 Å². The molecule has 1 aromatic carbocycles. The van der Waals surface area contributed by atoms with Crippen LogP contribution in [-0.2, 0) is 11.2 Å². The normalized spacial score (nSPS) is 22.2. The quantitative estimate of drug-likeness (QED) is 0.925. The predicted molar refractivity (Wildman–Crippen MR) is 74.8 cm³/mol. The first kappa shape index (κ1) is 12.1. The Balaban J connectivity index is 1.71. The molecule has 0 saturated carbocycles. The van der Waals surface area contributed by atoms with Crippen LogP contribution < -0.4 is 5.73 Å². The van der Waals surface area contributed by atoms with Gasteiger partial charge in [-0.25, -0.2) is 4.98 Å². The Kier molecular flexibility index (Phi) is 3.59. The number of fused-ring (bicyclic) bond motifs is 1. The molecule has 2 aromatic rings. The van der Waals surface area contributed by atoms with Crippen molar-refractivity contribution in [2.75, 3.05) is 13.2 Å². The minimum Gasteiger partial charge on any atom is -0.381 e. The lowest BCUT2D eigenvalue weighted by Gasteiger charge is -2.26. The van der Waals surface area contributed by atoms with E-state index in [2.05, 4.69) is 23.2 Å². The number of thiazole rings is 1. The second-order valence-electron chi connectivity index (χ2n) is 4.92. The SMILES string of the molecule is NC(Cc1nc2ccccc2s1)C1CCCOC1. The van der Waals surface area contributed by atoms with Gasteiger partial charge in [0, 0.05) is 19.1 Å². The summed E-state index contributed by atoms with van der Waals surface area (Å²) < 4.78 is 6.75. The van der Waals surface area contributed by atoms with Crippen molar-refractivity contribution in [1.82, 2.24) is 4.98 Å². The van der Waals surface area contributed by atoms with Gasteiger partial charge in [0.15, 0.2) is 0 Å². The fraction of sp³-hybridized carbons (Fsp3) is 0.500. The number of rotatable bonds is 3. The van der Waals surface area contributed by atoms with Gasteiger partial charge in [-0.1, -0.05) is 12.1 Å². The summed E-state index contributed by atoms with van der Waals surface area (Å²) in [5, 5.41) is 1.15. The van der Waals surface area contributed by atoms with Gasteiger partial charge in [-0.2, -0.15) is 0 Å². The first-order chi connectivity index (χ1) is 8.83. The van der Waals surface area contributed by atoms with Crippen LogP contribution in [0.15, 0.2) is 24.3 Å². The van der Waals surface area contributed by atoms with E-state index in [1.54, 1.807) is 11.3 Å². The molecule has 1 aliphatic rings. The van der Waals surface area contributed by atoms with E-state index < -0.39 is 0 Å². The average Bonchev–Trinajstić information content (AvgIpc) is 2.82. The zero-order chi connectivity index (χ0) is 12.4. The maximum Gasteiger partial charge on any atom is 0.0954 e. The Morgan fingerprint density at radius 2 is 2.33 bits per heavy atom. The van der Waals surface area contributed by atoms with Gasteiger partial charge in [-0.3, -0.25) is 0 Å². The van der Waals surface area contributed by atoms with Crippen molar-refractivity contribution in [1.29, 1.82) is 0 Å². The lowest BCUT2D eigenvalue weighted by molar-refractivity contribution is 0.0450. The van der Waals surface area contributed by atoms with Crippen LogP contribution in [0.3, 0.4) is 0 Å². The number of ether oxygens (including phenoxy) is 1. The fourth-order valence-corrected chi connectivity index (χ4v) is 3.52. The van der Waals surface area contributed by atoms with E-state index in [9.17, 15) is 0 Å². The van der Waals surface area contributed by atoms with Crippen LogP contribution in [0.25, 0.3) is 10.2 Å². The molecule has 4 heteroatoms. The molecule has 96 valence electrons. The van der Waals surface area contributed by atoms with E-state index in [0.717, 1.165) is 36.6 Å². The average molecular weight is 262 g/mol. The second-order valence-corrected chi connectivity index (χ2v) is 6.04. The lowest BCUT2D eigenvalue weighted by atomic mass is 9.92. The minimum absolute atomic E-state index is 0.172. The van der Waals surface area contributed by atoms with Gasteiger partial charge < -0.3 is 10.5 Å². The molecule has 18 heavy (non-hydrogen) atoms. The van der Waals surface area contributed by atoms with Crippen molar-refractivity contribution in [2.24, 2.45) is 11.7 Å². The van der Waals surface area contributed by atoms with Crippen molar-refractivity contribution in [3.8, 4) is 0 Å². The number of hydrogen-bond acceptors (Lipinski definition) is 4. The number of benzene rings is 1. The highest BCUT2D eigenvalue weighted by Gasteiger charge is 2.22. The van der Waals surface area contributed by atoms with Gasteiger partial charge in [0.2, 0.25) is 0 Å². The van der Waals surface area contributed by atoms with Gasteiger partial charge in [0.05, 0.1) is 21.8 Å². The minimum atomic E-state index is 0.172. The molecule has 0 bridgehead atoms. The monoisotopic (exact) mass is 262 g/mol. The van der Waals surface area contributed by atoms with Gasteiger partial charge >= 0.3 is 0 Å². The molecule has 3 nitrogen and oxygen atoms in total. The summed E-state index contributed by atoms with van der Waals surface area (Å²) in [7, 11) is 0. The number of aromatic nitrogens is 1. The largest absolute Gasteiger partial charge is 0.381 e. The van der Waals surface area contributed by atoms with E-state index in [4.69, 9.17) is 10.5 Å². The van der Waals surface area contributed by atoms with Crippen molar-refractivity contribution in [2.45, 2.75) is 25.3 Å². The number of nitrogens with two attached hydrogens (primary N) is 1. The fourth-order valence-electron chi connectivity index (χ4n) is 2.48. The van der Waals surface area contributed by atoms with Crippen molar-refractivity contribution in [3.05, 3.63) is 29.3 Å². The molecule has 1 fully saturated rings. The maximum absolute atomic E-state index is 6.29. The van der Waals surface area contributed by atoms with Crippen LogP contribution in [0.5, 0.6) is 0 Å². The smallest absolute Gasteiger partial charge is 0.0954 e. The molecule has 0 amide bonds. The zero-order valence-corrected chi connectivity index (χ0v) is 11.2. The third kappa shape index (κ3) is 2.55. The number of nitrogens with zero attached hydrogens (tertiary/aromatic N) is 1. The summed E-state index contributed by atoms with van der Waals surface area (Å²) in [5.74, 6) is 0.491. The Bertz CT molecular complexity index is 486. The van der Waals surface area contributed by atoms with Crippen molar-refractivity contribution in [3.63, 3.8) is 0 Å². The molecule has 1 saturated heterocycles. The van der Waals surface area contributed by atoms with Crippen LogP contribution in [-0.4, -0.2) is 24.2 Å². The van der Waals surface area contributed by atoms with E-state index in [1.807, 2.05) is 6.07 Å². The third-order valence-corrected chi connectivity index (χ3v) is 4.61. The molecule has 1 aromatic heterocycles. The summed E-state index contributed by atoms with van der Waals surface area (Å²) in [6.45, 7) is 1.70. The van der Waals surface area contributed by atoms with Crippen LogP contribution >= 0.6 is 11.3 Å². The lowest BCUT2D eigenvalue weighted by Crippen LogP contribution is -2.37. The highest BCUT2D eigenvalue weighted by Crippen LogP contribution is 2.25. The van der Waals surface area contributed by atoms with Crippen LogP contribution in [0.1, 0.15) is 17.8 Å². The molecule has 2 atom stereocenters. The summed E-state index contributed by atoms with van der Waals surface area (Å²) in [4.78, 5) is 4.65. The number of hydrogen-bond donors (Lipinski definition) is 1. The Morgan fingerprint density at radius 1 is 1.44 bits per heavy atom. The Labute approximate surface area is 111 Å². The maximum atomic E-state index is 6.29. The van der Waals surface area contributed by atoms with E-state index in [1.165, 1.54) is 11.1 Å². The first-order valence-corrected chi connectivity index (χ1v) is 7.32. The van der Waals surface area contributed by atoms with Gasteiger partial charge in [-0.05, 0) is 30.9 Å². The molecular weight excluding hydrogens is 244 g/mol. The Hall–Kier alpha value is -0.970. The van der Waals surface area contributed by atoms with Gasteiger partial charge in [0.1, 0.15) is 0 Å². The van der Waals surface area contributed by atoms with E-state index >= 15 is 0 Å². The molecule has 2 unspecified atom stereocenters. The molecule has 2 heterocycles. The van der Waals surface area contributed by atoms with Gasteiger partial charge in [0.25, 0.3) is 0 Å². The third-order valence-electron chi connectivity index (χ3n) is 3.55. The Morgan fingerprint density at radius 3 is 3.11 bits per heavy atom.